The van der Waals surface area contributed by atoms with Gasteiger partial charge in [-0.05, 0) is 44.4 Å². The lowest BCUT2D eigenvalue weighted by Crippen LogP contribution is -2.40. The van der Waals surface area contributed by atoms with Gasteiger partial charge in [-0.3, -0.25) is 14.5 Å². The average molecular weight is 375 g/mol. The SMILES string of the molecule is COc1ccc(C(=O)NCC(=O)NCC(c2ccco2)N(C)C)cc1OC. The molecule has 0 saturated heterocycles. The number of likely N-dealkylation sites (N-methyl/N-ethyl adjacent to an activating group) is 1. The number of furan rings is 1. The maximum absolute atomic E-state index is 12.2. The summed E-state index contributed by atoms with van der Waals surface area (Å²) in [6.45, 7) is 0.233. The molecule has 8 nitrogen and oxygen atoms in total. The molecule has 0 saturated carbocycles. The number of hydrogen-bond acceptors (Lipinski definition) is 6. The summed E-state index contributed by atoms with van der Waals surface area (Å²) >= 11 is 0. The van der Waals surface area contributed by atoms with Gasteiger partial charge in [0.1, 0.15) is 5.76 Å². The normalized spacial score (nSPS) is 11.7. The predicted molar refractivity (Wildman–Crippen MR) is 100 cm³/mol. The van der Waals surface area contributed by atoms with Crippen LogP contribution in [0.1, 0.15) is 22.2 Å². The van der Waals surface area contributed by atoms with Crippen LogP contribution in [-0.2, 0) is 4.79 Å². The minimum atomic E-state index is -0.374. The van der Waals surface area contributed by atoms with Gasteiger partial charge in [-0.25, -0.2) is 0 Å². The van der Waals surface area contributed by atoms with Gasteiger partial charge in [-0.2, -0.15) is 0 Å². The summed E-state index contributed by atoms with van der Waals surface area (Å²) in [7, 11) is 6.81. The number of amides is 2. The molecule has 0 spiro atoms. The number of carbonyl (C=O) groups excluding carboxylic acids is 2. The zero-order chi connectivity index (χ0) is 19.8. The van der Waals surface area contributed by atoms with Crippen molar-refractivity contribution >= 4 is 11.8 Å². The summed E-state index contributed by atoms with van der Waals surface area (Å²) in [4.78, 5) is 26.3. The van der Waals surface area contributed by atoms with Crippen LogP contribution in [0.3, 0.4) is 0 Å². The Morgan fingerprint density at radius 2 is 1.85 bits per heavy atom. The van der Waals surface area contributed by atoms with E-state index in [1.807, 2.05) is 25.1 Å². The second-order valence-corrected chi connectivity index (χ2v) is 6.05. The molecule has 0 bridgehead atoms. The van der Waals surface area contributed by atoms with Crippen LogP contribution in [0.25, 0.3) is 0 Å². The number of nitrogens with zero attached hydrogens (tertiary/aromatic N) is 1. The molecule has 146 valence electrons. The highest BCUT2D eigenvalue weighted by Crippen LogP contribution is 2.27. The number of carbonyl (C=O) groups is 2. The van der Waals surface area contributed by atoms with E-state index in [2.05, 4.69) is 10.6 Å². The van der Waals surface area contributed by atoms with Crippen molar-refractivity contribution in [2.75, 3.05) is 41.4 Å². The molecule has 2 N–H and O–H groups in total. The molecule has 0 aliphatic rings. The minimum Gasteiger partial charge on any atom is -0.493 e. The summed E-state index contributed by atoms with van der Waals surface area (Å²) in [5.74, 6) is 1.07. The fourth-order valence-corrected chi connectivity index (χ4v) is 2.53. The van der Waals surface area contributed by atoms with Crippen molar-refractivity contribution in [3.05, 3.63) is 47.9 Å². The molecule has 8 heteroatoms. The van der Waals surface area contributed by atoms with Crippen LogP contribution in [0, 0.1) is 0 Å². The summed E-state index contributed by atoms with van der Waals surface area (Å²) < 4.78 is 15.7. The first kappa shape index (κ1) is 20.3. The lowest BCUT2D eigenvalue weighted by Gasteiger charge is -2.22. The summed E-state index contributed by atoms with van der Waals surface area (Å²) in [6.07, 6.45) is 1.59. The van der Waals surface area contributed by atoms with Crippen molar-refractivity contribution < 1.29 is 23.5 Å². The first-order chi connectivity index (χ1) is 13.0. The molecular weight excluding hydrogens is 350 g/mol. The van der Waals surface area contributed by atoms with Crippen LogP contribution < -0.4 is 20.1 Å². The highest BCUT2D eigenvalue weighted by Gasteiger charge is 2.18. The smallest absolute Gasteiger partial charge is 0.251 e. The quantitative estimate of drug-likeness (QED) is 0.689. The van der Waals surface area contributed by atoms with Gasteiger partial charge in [0, 0.05) is 12.1 Å². The first-order valence-electron chi connectivity index (χ1n) is 8.43. The van der Waals surface area contributed by atoms with E-state index < -0.39 is 0 Å². The monoisotopic (exact) mass is 375 g/mol. The number of benzene rings is 1. The van der Waals surface area contributed by atoms with Gasteiger partial charge in [0.15, 0.2) is 11.5 Å². The first-order valence-corrected chi connectivity index (χ1v) is 8.43. The molecule has 0 aliphatic carbocycles. The van der Waals surface area contributed by atoms with E-state index in [4.69, 9.17) is 13.9 Å². The number of hydrogen-bond donors (Lipinski definition) is 2. The topological polar surface area (TPSA) is 93.0 Å². The van der Waals surface area contributed by atoms with E-state index in [-0.39, 0.29) is 24.4 Å². The lowest BCUT2D eigenvalue weighted by molar-refractivity contribution is -0.120. The molecule has 1 heterocycles. The summed E-state index contributed by atoms with van der Waals surface area (Å²) in [5.41, 5.74) is 0.377. The molecule has 0 fully saturated rings. The molecule has 1 unspecified atom stereocenters. The Hall–Kier alpha value is -3.00. The maximum atomic E-state index is 12.2. The fraction of sp³-hybridized carbons (Fsp3) is 0.368. The molecule has 2 amide bonds. The van der Waals surface area contributed by atoms with E-state index in [9.17, 15) is 9.59 Å². The molecule has 2 aromatic rings. The third-order valence-corrected chi connectivity index (χ3v) is 4.04. The number of methoxy groups -OCH3 is 2. The summed E-state index contributed by atoms with van der Waals surface area (Å²) in [5, 5.41) is 5.39. The predicted octanol–water partition coefficient (Wildman–Crippen LogP) is 1.45. The zero-order valence-corrected chi connectivity index (χ0v) is 15.9. The molecule has 1 aromatic heterocycles. The highest BCUT2D eigenvalue weighted by molar-refractivity contribution is 5.97. The van der Waals surface area contributed by atoms with E-state index in [1.165, 1.54) is 14.2 Å². The maximum Gasteiger partial charge on any atom is 0.251 e. The molecule has 27 heavy (non-hydrogen) atoms. The Morgan fingerprint density at radius 1 is 1.11 bits per heavy atom. The molecule has 0 aliphatic heterocycles. The largest absolute Gasteiger partial charge is 0.493 e. The Kier molecular flexibility index (Phi) is 7.25. The Morgan fingerprint density at radius 3 is 2.44 bits per heavy atom. The number of nitrogens with one attached hydrogen (secondary N) is 2. The van der Waals surface area contributed by atoms with Crippen LogP contribution in [0.15, 0.2) is 41.0 Å². The number of ether oxygens (including phenoxy) is 2. The van der Waals surface area contributed by atoms with E-state index in [0.717, 1.165) is 5.76 Å². The molecule has 1 aromatic carbocycles. The van der Waals surface area contributed by atoms with Crippen LogP contribution in [0.4, 0.5) is 0 Å². The van der Waals surface area contributed by atoms with Gasteiger partial charge >= 0.3 is 0 Å². The van der Waals surface area contributed by atoms with Gasteiger partial charge in [-0.1, -0.05) is 0 Å². The van der Waals surface area contributed by atoms with Gasteiger partial charge in [0.25, 0.3) is 5.91 Å². The second kappa shape index (κ2) is 9.63. The van der Waals surface area contributed by atoms with Gasteiger partial charge in [0.2, 0.25) is 5.91 Å². The lowest BCUT2D eigenvalue weighted by atomic mass is 10.2. The van der Waals surface area contributed by atoms with Gasteiger partial charge in [0.05, 0.1) is 33.1 Å². The Bertz CT molecular complexity index is 759. The van der Waals surface area contributed by atoms with Gasteiger partial charge < -0.3 is 24.5 Å². The van der Waals surface area contributed by atoms with Crippen LogP contribution in [-0.4, -0.2) is 58.1 Å². The molecule has 1 atom stereocenters. The molecule has 0 radical (unpaired) electrons. The average Bonchev–Trinajstić information content (AvgIpc) is 3.19. The van der Waals surface area contributed by atoms with Crippen molar-refractivity contribution in [1.82, 2.24) is 15.5 Å². The highest BCUT2D eigenvalue weighted by atomic mass is 16.5. The van der Waals surface area contributed by atoms with Crippen molar-refractivity contribution in [2.24, 2.45) is 0 Å². The zero-order valence-electron chi connectivity index (χ0n) is 15.9. The van der Waals surface area contributed by atoms with Crippen LogP contribution >= 0.6 is 0 Å². The van der Waals surface area contributed by atoms with E-state index >= 15 is 0 Å². The van der Waals surface area contributed by atoms with E-state index in [0.29, 0.717) is 23.6 Å². The summed E-state index contributed by atoms with van der Waals surface area (Å²) in [6, 6.07) is 8.37. The van der Waals surface area contributed by atoms with Crippen molar-refractivity contribution in [2.45, 2.75) is 6.04 Å². The van der Waals surface area contributed by atoms with E-state index in [1.54, 1.807) is 30.5 Å². The van der Waals surface area contributed by atoms with Crippen LogP contribution in [0.5, 0.6) is 11.5 Å². The van der Waals surface area contributed by atoms with Gasteiger partial charge in [-0.15, -0.1) is 0 Å². The fourth-order valence-electron chi connectivity index (χ4n) is 2.53. The van der Waals surface area contributed by atoms with Crippen molar-refractivity contribution in [3.8, 4) is 11.5 Å². The molecule has 2 rings (SSSR count). The van der Waals surface area contributed by atoms with Crippen molar-refractivity contribution in [3.63, 3.8) is 0 Å². The standard InChI is InChI=1S/C19H25N3O5/c1-22(2)14(15-6-5-9-27-15)11-20-18(23)12-21-19(24)13-7-8-16(25-3)17(10-13)26-4/h5-10,14H,11-12H2,1-4H3,(H,20,23)(H,21,24). The minimum absolute atomic E-state index is 0.0921. The molecular formula is C19H25N3O5. The van der Waals surface area contributed by atoms with Crippen molar-refractivity contribution in [1.29, 1.82) is 0 Å². The Labute approximate surface area is 158 Å². The third kappa shape index (κ3) is 5.49. The van der Waals surface area contributed by atoms with Crippen LogP contribution in [0.2, 0.25) is 0 Å². The second-order valence-electron chi connectivity index (χ2n) is 6.05. The third-order valence-electron chi connectivity index (χ3n) is 4.04. The number of rotatable bonds is 9. The Balaban J connectivity index is 1.87.